The van der Waals surface area contributed by atoms with Crippen molar-refractivity contribution in [3.8, 4) is 0 Å². The standard InChI is InChI=1S/C10H17N3O2/c1-2-11-10-12-8(9(14)13-10)7-4-3-5-15-6-7/h7-8H,2-6H2,1H3,(H2,11,12,13,14). The van der Waals surface area contributed by atoms with E-state index in [0.29, 0.717) is 19.1 Å². The van der Waals surface area contributed by atoms with Gasteiger partial charge in [-0.1, -0.05) is 0 Å². The number of aliphatic imine (C=N–C) groups is 1. The molecule has 0 radical (unpaired) electrons. The lowest BCUT2D eigenvalue weighted by atomic mass is 9.94. The van der Waals surface area contributed by atoms with Gasteiger partial charge >= 0.3 is 0 Å². The van der Waals surface area contributed by atoms with E-state index in [1.165, 1.54) is 0 Å². The third kappa shape index (κ3) is 2.28. The van der Waals surface area contributed by atoms with Gasteiger partial charge in [-0.3, -0.25) is 15.1 Å². The molecule has 5 heteroatoms. The monoisotopic (exact) mass is 211 g/mol. The molecule has 2 saturated heterocycles. The number of carbonyl (C=O) groups is 1. The van der Waals surface area contributed by atoms with Gasteiger partial charge in [0.2, 0.25) is 5.91 Å². The van der Waals surface area contributed by atoms with Crippen molar-refractivity contribution in [2.24, 2.45) is 10.9 Å². The van der Waals surface area contributed by atoms with Crippen molar-refractivity contribution >= 4 is 11.9 Å². The van der Waals surface area contributed by atoms with Crippen molar-refractivity contribution in [1.29, 1.82) is 0 Å². The van der Waals surface area contributed by atoms with Crippen LogP contribution in [0.3, 0.4) is 0 Å². The van der Waals surface area contributed by atoms with Gasteiger partial charge in [0.1, 0.15) is 6.04 Å². The van der Waals surface area contributed by atoms with Gasteiger partial charge < -0.3 is 10.1 Å². The van der Waals surface area contributed by atoms with E-state index in [9.17, 15) is 4.79 Å². The fourth-order valence-corrected chi connectivity index (χ4v) is 2.05. The molecule has 0 aromatic carbocycles. The number of hydrogen-bond acceptors (Lipinski definition) is 3. The molecular formula is C10H17N3O2. The molecule has 0 aliphatic carbocycles. The smallest absolute Gasteiger partial charge is 0.249 e. The number of ether oxygens (including phenoxy) is 1. The summed E-state index contributed by atoms with van der Waals surface area (Å²) in [6.07, 6.45) is 2.08. The minimum atomic E-state index is -0.157. The second-order valence-electron chi connectivity index (χ2n) is 3.91. The molecule has 0 aromatic heterocycles. The molecule has 0 bridgehead atoms. The zero-order valence-corrected chi connectivity index (χ0v) is 8.95. The van der Waals surface area contributed by atoms with E-state index >= 15 is 0 Å². The van der Waals surface area contributed by atoms with Gasteiger partial charge in [0, 0.05) is 19.1 Å². The van der Waals surface area contributed by atoms with Crippen LogP contribution in [0.25, 0.3) is 0 Å². The predicted molar refractivity (Wildman–Crippen MR) is 56.6 cm³/mol. The highest BCUT2D eigenvalue weighted by atomic mass is 16.5. The van der Waals surface area contributed by atoms with Crippen molar-refractivity contribution < 1.29 is 9.53 Å². The average molecular weight is 211 g/mol. The van der Waals surface area contributed by atoms with E-state index in [-0.39, 0.29) is 17.9 Å². The Hall–Kier alpha value is -1.10. The fourth-order valence-electron chi connectivity index (χ4n) is 2.05. The Kier molecular flexibility index (Phi) is 3.20. The van der Waals surface area contributed by atoms with Gasteiger partial charge in [-0.25, -0.2) is 0 Å². The molecule has 84 valence electrons. The lowest BCUT2D eigenvalue weighted by Crippen LogP contribution is -2.41. The Morgan fingerprint density at radius 2 is 2.47 bits per heavy atom. The number of carbonyl (C=O) groups excluding carboxylic acids is 1. The third-order valence-corrected chi connectivity index (χ3v) is 2.80. The Morgan fingerprint density at radius 1 is 1.60 bits per heavy atom. The van der Waals surface area contributed by atoms with Crippen LogP contribution < -0.4 is 10.6 Å². The van der Waals surface area contributed by atoms with E-state index in [4.69, 9.17) is 4.74 Å². The highest BCUT2D eigenvalue weighted by molar-refractivity contribution is 6.06. The minimum absolute atomic E-state index is 0.0256. The Labute approximate surface area is 89.3 Å². The van der Waals surface area contributed by atoms with Crippen molar-refractivity contribution in [2.75, 3.05) is 19.8 Å². The molecule has 2 fully saturated rings. The van der Waals surface area contributed by atoms with Crippen LogP contribution in [-0.2, 0) is 9.53 Å². The summed E-state index contributed by atoms with van der Waals surface area (Å²) in [5.41, 5.74) is 0. The number of guanidine groups is 1. The molecule has 0 spiro atoms. The first kappa shape index (κ1) is 10.4. The van der Waals surface area contributed by atoms with Crippen LogP contribution in [0.15, 0.2) is 4.99 Å². The van der Waals surface area contributed by atoms with Gasteiger partial charge in [0.05, 0.1) is 6.61 Å². The molecule has 0 aromatic rings. The summed E-state index contributed by atoms with van der Waals surface area (Å²) in [7, 11) is 0. The summed E-state index contributed by atoms with van der Waals surface area (Å²) in [6, 6.07) is -0.157. The average Bonchev–Trinajstić information content (AvgIpc) is 2.61. The van der Waals surface area contributed by atoms with Crippen LogP contribution in [-0.4, -0.2) is 37.7 Å². The van der Waals surface area contributed by atoms with Crippen molar-refractivity contribution in [3.63, 3.8) is 0 Å². The van der Waals surface area contributed by atoms with Gasteiger partial charge in [-0.15, -0.1) is 0 Å². The minimum Gasteiger partial charge on any atom is -0.381 e. The summed E-state index contributed by atoms with van der Waals surface area (Å²) < 4.78 is 5.38. The van der Waals surface area contributed by atoms with Crippen molar-refractivity contribution in [1.82, 2.24) is 10.6 Å². The van der Waals surface area contributed by atoms with Crippen LogP contribution in [0.1, 0.15) is 19.8 Å². The number of nitrogens with zero attached hydrogens (tertiary/aromatic N) is 1. The predicted octanol–water partition coefficient (Wildman–Crippen LogP) is -0.123. The number of nitrogens with one attached hydrogen (secondary N) is 2. The number of amides is 1. The van der Waals surface area contributed by atoms with Gasteiger partial charge in [-0.05, 0) is 19.8 Å². The lowest BCUT2D eigenvalue weighted by molar-refractivity contribution is -0.122. The lowest BCUT2D eigenvalue weighted by Gasteiger charge is -2.25. The largest absolute Gasteiger partial charge is 0.381 e. The SMILES string of the molecule is CCN=C1NC(=O)C(C2CCCOC2)N1. The van der Waals surface area contributed by atoms with Crippen LogP contribution in [0.5, 0.6) is 0 Å². The molecule has 2 aliphatic rings. The Morgan fingerprint density at radius 3 is 3.13 bits per heavy atom. The van der Waals surface area contributed by atoms with Gasteiger partial charge in [0.25, 0.3) is 0 Å². The molecule has 2 rings (SSSR count). The molecule has 1 amide bonds. The number of rotatable bonds is 2. The topological polar surface area (TPSA) is 62.7 Å². The van der Waals surface area contributed by atoms with Gasteiger partial charge in [-0.2, -0.15) is 0 Å². The Bertz CT molecular complexity index is 272. The van der Waals surface area contributed by atoms with E-state index in [1.807, 2.05) is 6.92 Å². The van der Waals surface area contributed by atoms with Gasteiger partial charge in [0.15, 0.2) is 5.96 Å². The molecule has 2 heterocycles. The summed E-state index contributed by atoms with van der Waals surface area (Å²) in [5, 5.41) is 5.87. The second-order valence-corrected chi connectivity index (χ2v) is 3.91. The quantitative estimate of drug-likeness (QED) is 0.669. The summed E-state index contributed by atoms with van der Waals surface area (Å²) in [6.45, 7) is 4.11. The van der Waals surface area contributed by atoms with Crippen LogP contribution in [0.4, 0.5) is 0 Å². The number of hydrogen-bond donors (Lipinski definition) is 2. The van der Waals surface area contributed by atoms with Crippen LogP contribution >= 0.6 is 0 Å². The van der Waals surface area contributed by atoms with E-state index in [0.717, 1.165) is 19.4 Å². The first-order valence-electron chi connectivity index (χ1n) is 5.51. The second kappa shape index (κ2) is 4.61. The summed E-state index contributed by atoms with van der Waals surface area (Å²) >= 11 is 0. The molecule has 2 unspecified atom stereocenters. The maximum absolute atomic E-state index is 11.6. The maximum Gasteiger partial charge on any atom is 0.249 e. The molecule has 15 heavy (non-hydrogen) atoms. The third-order valence-electron chi connectivity index (χ3n) is 2.80. The summed E-state index contributed by atoms with van der Waals surface area (Å²) in [4.78, 5) is 15.8. The first-order valence-corrected chi connectivity index (χ1v) is 5.51. The van der Waals surface area contributed by atoms with Crippen molar-refractivity contribution in [3.05, 3.63) is 0 Å². The normalized spacial score (nSPS) is 33.9. The van der Waals surface area contributed by atoms with Crippen molar-refractivity contribution in [2.45, 2.75) is 25.8 Å². The molecule has 2 atom stereocenters. The highest BCUT2D eigenvalue weighted by Crippen LogP contribution is 2.19. The van der Waals surface area contributed by atoms with Crippen LogP contribution in [0.2, 0.25) is 0 Å². The maximum atomic E-state index is 11.6. The Balaban J connectivity index is 1.97. The molecular weight excluding hydrogens is 194 g/mol. The zero-order valence-electron chi connectivity index (χ0n) is 8.95. The van der Waals surface area contributed by atoms with E-state index < -0.39 is 0 Å². The zero-order chi connectivity index (χ0) is 10.7. The highest BCUT2D eigenvalue weighted by Gasteiger charge is 2.35. The molecule has 0 saturated carbocycles. The van der Waals surface area contributed by atoms with E-state index in [1.54, 1.807) is 0 Å². The fraction of sp³-hybridized carbons (Fsp3) is 0.800. The molecule has 2 N–H and O–H groups in total. The molecule has 5 nitrogen and oxygen atoms in total. The first-order chi connectivity index (χ1) is 7.31. The van der Waals surface area contributed by atoms with Crippen LogP contribution in [0, 0.1) is 5.92 Å². The summed E-state index contributed by atoms with van der Waals surface area (Å²) in [5.74, 6) is 0.916. The van der Waals surface area contributed by atoms with E-state index in [2.05, 4.69) is 15.6 Å². The molecule has 2 aliphatic heterocycles.